The SMILES string of the molecule is CC(CCN)N1CCCCC1. The molecule has 1 fully saturated rings. The molecule has 2 N–H and O–H groups in total. The van der Waals surface area contributed by atoms with Crippen molar-refractivity contribution in [2.75, 3.05) is 19.6 Å². The monoisotopic (exact) mass is 156 g/mol. The van der Waals surface area contributed by atoms with E-state index in [0.717, 1.165) is 13.0 Å². The van der Waals surface area contributed by atoms with Gasteiger partial charge in [0.05, 0.1) is 0 Å². The molecule has 1 atom stereocenters. The van der Waals surface area contributed by atoms with E-state index >= 15 is 0 Å². The third-order valence-electron chi connectivity index (χ3n) is 2.60. The second-order valence-electron chi connectivity index (χ2n) is 3.52. The van der Waals surface area contributed by atoms with Crippen LogP contribution < -0.4 is 5.73 Å². The van der Waals surface area contributed by atoms with Crippen molar-refractivity contribution >= 4 is 0 Å². The van der Waals surface area contributed by atoms with Crippen LogP contribution in [0.4, 0.5) is 0 Å². The van der Waals surface area contributed by atoms with E-state index in [4.69, 9.17) is 5.73 Å². The summed E-state index contributed by atoms with van der Waals surface area (Å²) < 4.78 is 0. The van der Waals surface area contributed by atoms with Crippen molar-refractivity contribution in [1.82, 2.24) is 4.90 Å². The molecule has 0 amide bonds. The predicted octanol–water partition coefficient (Wildman–Crippen LogP) is 1.21. The molecule has 1 unspecified atom stereocenters. The highest BCUT2D eigenvalue weighted by molar-refractivity contribution is 4.71. The molecule has 1 heterocycles. The summed E-state index contributed by atoms with van der Waals surface area (Å²) >= 11 is 0. The highest BCUT2D eigenvalue weighted by atomic mass is 15.1. The minimum Gasteiger partial charge on any atom is -0.330 e. The van der Waals surface area contributed by atoms with E-state index in [-0.39, 0.29) is 0 Å². The van der Waals surface area contributed by atoms with Gasteiger partial charge in [-0.25, -0.2) is 0 Å². The van der Waals surface area contributed by atoms with Crippen molar-refractivity contribution in [3.8, 4) is 0 Å². The lowest BCUT2D eigenvalue weighted by molar-refractivity contribution is 0.168. The van der Waals surface area contributed by atoms with Crippen LogP contribution in [0.3, 0.4) is 0 Å². The van der Waals surface area contributed by atoms with Crippen LogP contribution in [0.25, 0.3) is 0 Å². The number of piperidine rings is 1. The van der Waals surface area contributed by atoms with E-state index in [1.165, 1.54) is 32.4 Å². The minimum absolute atomic E-state index is 0.709. The summed E-state index contributed by atoms with van der Waals surface area (Å²) in [6.07, 6.45) is 5.34. The van der Waals surface area contributed by atoms with Crippen LogP contribution in [0, 0.1) is 0 Å². The Morgan fingerprint density at radius 2 is 1.91 bits per heavy atom. The van der Waals surface area contributed by atoms with Crippen LogP contribution in [0.5, 0.6) is 0 Å². The molecule has 1 rings (SSSR count). The first-order chi connectivity index (χ1) is 5.34. The van der Waals surface area contributed by atoms with Crippen LogP contribution >= 0.6 is 0 Å². The first-order valence-electron chi connectivity index (χ1n) is 4.78. The van der Waals surface area contributed by atoms with Crippen molar-refractivity contribution < 1.29 is 0 Å². The van der Waals surface area contributed by atoms with Crippen molar-refractivity contribution in [3.63, 3.8) is 0 Å². The maximum Gasteiger partial charge on any atom is 0.00789 e. The van der Waals surface area contributed by atoms with E-state index in [9.17, 15) is 0 Å². The maximum atomic E-state index is 5.51. The summed E-state index contributed by atoms with van der Waals surface area (Å²) in [4.78, 5) is 2.57. The van der Waals surface area contributed by atoms with Gasteiger partial charge in [0.15, 0.2) is 0 Å². The Labute approximate surface area is 69.8 Å². The van der Waals surface area contributed by atoms with Crippen LogP contribution in [-0.2, 0) is 0 Å². The molecular formula is C9H20N2. The van der Waals surface area contributed by atoms with Gasteiger partial charge in [-0.3, -0.25) is 0 Å². The van der Waals surface area contributed by atoms with Gasteiger partial charge in [-0.15, -0.1) is 0 Å². The van der Waals surface area contributed by atoms with Gasteiger partial charge in [0.2, 0.25) is 0 Å². The summed E-state index contributed by atoms with van der Waals surface area (Å²) in [6, 6.07) is 0.709. The lowest BCUT2D eigenvalue weighted by Crippen LogP contribution is -2.38. The third-order valence-corrected chi connectivity index (χ3v) is 2.60. The summed E-state index contributed by atoms with van der Waals surface area (Å²) in [7, 11) is 0. The zero-order valence-electron chi connectivity index (χ0n) is 7.55. The number of hydrogen-bond donors (Lipinski definition) is 1. The van der Waals surface area contributed by atoms with Crippen molar-refractivity contribution in [3.05, 3.63) is 0 Å². The molecule has 2 heteroatoms. The number of hydrogen-bond acceptors (Lipinski definition) is 2. The maximum absolute atomic E-state index is 5.51. The Hall–Kier alpha value is -0.0800. The molecule has 0 saturated carbocycles. The molecule has 1 aliphatic rings. The Balaban J connectivity index is 2.21. The van der Waals surface area contributed by atoms with Crippen molar-refractivity contribution in [2.24, 2.45) is 5.73 Å². The Kier molecular flexibility index (Phi) is 3.87. The Morgan fingerprint density at radius 3 is 2.45 bits per heavy atom. The van der Waals surface area contributed by atoms with Gasteiger partial charge in [-0.05, 0) is 45.8 Å². The van der Waals surface area contributed by atoms with Crippen LogP contribution in [0.15, 0.2) is 0 Å². The highest BCUT2D eigenvalue weighted by Crippen LogP contribution is 2.12. The zero-order chi connectivity index (χ0) is 8.10. The molecule has 0 radical (unpaired) electrons. The molecule has 66 valence electrons. The standard InChI is InChI=1S/C9H20N2/c1-9(5-6-10)11-7-3-2-4-8-11/h9H,2-8,10H2,1H3. The average molecular weight is 156 g/mol. The fourth-order valence-electron chi connectivity index (χ4n) is 1.78. The normalized spacial score (nSPS) is 23.5. The van der Waals surface area contributed by atoms with Gasteiger partial charge >= 0.3 is 0 Å². The third kappa shape index (κ3) is 2.80. The molecule has 1 aliphatic heterocycles. The highest BCUT2D eigenvalue weighted by Gasteiger charge is 2.14. The molecule has 0 spiro atoms. The molecular weight excluding hydrogens is 136 g/mol. The summed E-state index contributed by atoms with van der Waals surface area (Å²) in [5, 5.41) is 0. The van der Waals surface area contributed by atoms with E-state index in [2.05, 4.69) is 11.8 Å². The van der Waals surface area contributed by atoms with E-state index in [1.54, 1.807) is 0 Å². The molecule has 11 heavy (non-hydrogen) atoms. The molecule has 0 aromatic heterocycles. The predicted molar refractivity (Wildman–Crippen MR) is 48.6 cm³/mol. The molecule has 0 aliphatic carbocycles. The smallest absolute Gasteiger partial charge is 0.00789 e. The van der Waals surface area contributed by atoms with Gasteiger partial charge in [0, 0.05) is 6.04 Å². The quantitative estimate of drug-likeness (QED) is 0.665. The molecule has 0 bridgehead atoms. The lowest BCUT2D eigenvalue weighted by atomic mass is 10.1. The minimum atomic E-state index is 0.709. The number of nitrogens with two attached hydrogens (primary N) is 1. The topological polar surface area (TPSA) is 29.3 Å². The Bertz CT molecular complexity index is 97.7. The lowest BCUT2D eigenvalue weighted by Gasteiger charge is -2.32. The zero-order valence-corrected chi connectivity index (χ0v) is 7.55. The van der Waals surface area contributed by atoms with Gasteiger partial charge in [0.25, 0.3) is 0 Å². The second kappa shape index (κ2) is 4.73. The molecule has 0 aromatic carbocycles. The van der Waals surface area contributed by atoms with Crippen molar-refractivity contribution in [2.45, 2.75) is 38.6 Å². The summed E-state index contributed by atoms with van der Waals surface area (Å²) in [5.74, 6) is 0. The van der Waals surface area contributed by atoms with Crippen LogP contribution in [0.2, 0.25) is 0 Å². The number of likely N-dealkylation sites (tertiary alicyclic amines) is 1. The first-order valence-corrected chi connectivity index (χ1v) is 4.78. The van der Waals surface area contributed by atoms with Crippen LogP contribution in [0.1, 0.15) is 32.6 Å². The van der Waals surface area contributed by atoms with E-state index < -0.39 is 0 Å². The average Bonchev–Trinajstić information content (AvgIpc) is 2.07. The van der Waals surface area contributed by atoms with E-state index in [0.29, 0.717) is 6.04 Å². The van der Waals surface area contributed by atoms with Gasteiger partial charge in [-0.1, -0.05) is 6.42 Å². The van der Waals surface area contributed by atoms with E-state index in [1.807, 2.05) is 0 Å². The number of rotatable bonds is 3. The largest absolute Gasteiger partial charge is 0.330 e. The fraction of sp³-hybridized carbons (Fsp3) is 1.00. The van der Waals surface area contributed by atoms with Crippen LogP contribution in [-0.4, -0.2) is 30.6 Å². The molecule has 1 saturated heterocycles. The Morgan fingerprint density at radius 1 is 1.27 bits per heavy atom. The van der Waals surface area contributed by atoms with Gasteiger partial charge in [-0.2, -0.15) is 0 Å². The van der Waals surface area contributed by atoms with Crippen molar-refractivity contribution in [1.29, 1.82) is 0 Å². The summed E-state index contributed by atoms with van der Waals surface area (Å²) in [5.41, 5.74) is 5.51. The van der Waals surface area contributed by atoms with Gasteiger partial charge < -0.3 is 10.6 Å². The fourth-order valence-corrected chi connectivity index (χ4v) is 1.78. The second-order valence-corrected chi connectivity index (χ2v) is 3.52. The first kappa shape index (κ1) is 9.01. The molecule has 0 aromatic rings. The molecule has 2 nitrogen and oxygen atoms in total. The van der Waals surface area contributed by atoms with Gasteiger partial charge in [0.1, 0.15) is 0 Å². The summed E-state index contributed by atoms with van der Waals surface area (Å²) in [6.45, 7) is 5.71. The number of nitrogens with zero attached hydrogens (tertiary/aromatic N) is 1.